The first kappa shape index (κ1) is 21.2. The Kier molecular flexibility index (Phi) is 6.97. The Bertz CT molecular complexity index is 942. The molecule has 0 aromatic heterocycles. The maximum absolute atomic E-state index is 11.5. The standard InChI is InChI=1S/C23H26ClN3O2S/c1-2-29-22(28)8-5-11-26-12-14-27(15-13-26)23-18-16-17(24)9-10-20(18)30-21-7-4-3-6-19(21)25-23/h3-4,6-7,9-10,16H,2,5,8,11-15H2,1H3. The number of aliphatic imine (C=N–C) groups is 1. The number of hydrogen-bond acceptors (Lipinski definition) is 6. The fourth-order valence-electron chi connectivity index (χ4n) is 3.80. The molecule has 4 rings (SSSR count). The molecule has 0 unspecified atom stereocenters. The topological polar surface area (TPSA) is 45.1 Å². The Morgan fingerprint density at radius 3 is 2.73 bits per heavy atom. The summed E-state index contributed by atoms with van der Waals surface area (Å²) < 4.78 is 5.02. The number of para-hydroxylation sites is 1. The molecule has 0 bridgehead atoms. The second-order valence-electron chi connectivity index (χ2n) is 7.38. The van der Waals surface area contributed by atoms with Crippen molar-refractivity contribution < 1.29 is 9.53 Å². The Morgan fingerprint density at radius 2 is 1.93 bits per heavy atom. The molecule has 2 aliphatic rings. The molecule has 2 aromatic rings. The van der Waals surface area contributed by atoms with Crippen LogP contribution in [0, 0.1) is 0 Å². The molecule has 0 atom stereocenters. The Hall–Kier alpha value is -2.02. The molecule has 2 heterocycles. The van der Waals surface area contributed by atoms with Crippen molar-refractivity contribution in [3.63, 3.8) is 0 Å². The van der Waals surface area contributed by atoms with Gasteiger partial charge >= 0.3 is 5.97 Å². The highest BCUT2D eigenvalue weighted by Crippen LogP contribution is 2.41. The Balaban J connectivity index is 1.47. The van der Waals surface area contributed by atoms with Crippen LogP contribution in [0.2, 0.25) is 5.02 Å². The fourth-order valence-corrected chi connectivity index (χ4v) is 4.97. The number of esters is 1. The zero-order chi connectivity index (χ0) is 20.9. The molecule has 0 aliphatic carbocycles. The van der Waals surface area contributed by atoms with Gasteiger partial charge in [0.1, 0.15) is 5.84 Å². The van der Waals surface area contributed by atoms with E-state index in [9.17, 15) is 4.79 Å². The molecule has 2 aromatic carbocycles. The van der Waals surface area contributed by atoms with E-state index in [1.54, 1.807) is 11.8 Å². The normalized spacial score (nSPS) is 16.3. The molecule has 0 spiro atoms. The number of piperazine rings is 1. The lowest BCUT2D eigenvalue weighted by atomic mass is 10.1. The summed E-state index contributed by atoms with van der Waals surface area (Å²) in [6.07, 6.45) is 1.32. The lowest BCUT2D eigenvalue weighted by Gasteiger charge is -2.36. The predicted octanol–water partition coefficient (Wildman–Crippen LogP) is 4.84. The Labute approximate surface area is 187 Å². The van der Waals surface area contributed by atoms with Crippen molar-refractivity contribution in [2.45, 2.75) is 29.6 Å². The molecule has 0 N–H and O–H groups in total. The summed E-state index contributed by atoms with van der Waals surface area (Å²) >= 11 is 8.09. The highest BCUT2D eigenvalue weighted by Gasteiger charge is 2.25. The van der Waals surface area contributed by atoms with Gasteiger partial charge in [0.15, 0.2) is 0 Å². The quantitative estimate of drug-likeness (QED) is 0.618. The van der Waals surface area contributed by atoms with E-state index in [0.29, 0.717) is 13.0 Å². The smallest absolute Gasteiger partial charge is 0.305 e. The first-order valence-corrected chi connectivity index (χ1v) is 11.6. The number of halogens is 1. The van der Waals surface area contributed by atoms with Crippen LogP contribution in [0.25, 0.3) is 0 Å². The number of ether oxygens (including phenoxy) is 1. The van der Waals surface area contributed by atoms with E-state index in [0.717, 1.165) is 66.1 Å². The van der Waals surface area contributed by atoms with Crippen molar-refractivity contribution in [3.05, 3.63) is 53.1 Å². The lowest BCUT2D eigenvalue weighted by Crippen LogP contribution is -2.49. The molecule has 158 valence electrons. The molecule has 1 saturated heterocycles. The van der Waals surface area contributed by atoms with Gasteiger partial charge in [0.25, 0.3) is 0 Å². The van der Waals surface area contributed by atoms with Gasteiger partial charge in [-0.3, -0.25) is 9.69 Å². The second-order valence-corrected chi connectivity index (χ2v) is 8.90. The molecular formula is C23H26ClN3O2S. The molecule has 2 aliphatic heterocycles. The number of nitrogens with zero attached hydrogens (tertiary/aromatic N) is 3. The molecular weight excluding hydrogens is 418 g/mol. The number of rotatable bonds is 5. The average Bonchev–Trinajstić information content (AvgIpc) is 2.91. The van der Waals surface area contributed by atoms with Crippen LogP contribution in [0.4, 0.5) is 5.69 Å². The molecule has 0 saturated carbocycles. The van der Waals surface area contributed by atoms with Crippen LogP contribution in [-0.4, -0.2) is 60.9 Å². The van der Waals surface area contributed by atoms with Crippen molar-refractivity contribution in [1.29, 1.82) is 0 Å². The van der Waals surface area contributed by atoms with Crippen molar-refractivity contribution in [3.8, 4) is 0 Å². The van der Waals surface area contributed by atoms with Crippen molar-refractivity contribution in [2.75, 3.05) is 39.3 Å². The first-order valence-electron chi connectivity index (χ1n) is 10.4. The van der Waals surface area contributed by atoms with Gasteiger partial charge in [-0.2, -0.15) is 0 Å². The van der Waals surface area contributed by atoms with Crippen molar-refractivity contribution in [1.82, 2.24) is 9.80 Å². The first-order chi connectivity index (χ1) is 14.6. The third-order valence-corrected chi connectivity index (χ3v) is 6.70. The predicted molar refractivity (Wildman–Crippen MR) is 122 cm³/mol. The molecule has 0 radical (unpaired) electrons. The van der Waals surface area contributed by atoms with Gasteiger partial charge in [-0.05, 0) is 50.2 Å². The van der Waals surface area contributed by atoms with Crippen LogP contribution >= 0.6 is 23.4 Å². The maximum Gasteiger partial charge on any atom is 0.305 e. The van der Waals surface area contributed by atoms with Crippen LogP contribution in [0.5, 0.6) is 0 Å². The minimum atomic E-state index is -0.103. The summed E-state index contributed by atoms with van der Waals surface area (Å²) in [6, 6.07) is 14.3. The second kappa shape index (κ2) is 9.86. The zero-order valence-electron chi connectivity index (χ0n) is 17.1. The van der Waals surface area contributed by atoms with Crippen molar-refractivity contribution in [2.24, 2.45) is 4.99 Å². The molecule has 1 fully saturated rings. The van der Waals surface area contributed by atoms with Gasteiger partial charge in [0, 0.05) is 53.0 Å². The molecule has 5 nitrogen and oxygen atoms in total. The number of hydrogen-bond donors (Lipinski definition) is 0. The average molecular weight is 444 g/mol. The van der Waals surface area contributed by atoms with Gasteiger partial charge in [-0.1, -0.05) is 35.5 Å². The van der Waals surface area contributed by atoms with Crippen LogP contribution < -0.4 is 0 Å². The summed E-state index contributed by atoms with van der Waals surface area (Å²) in [5.41, 5.74) is 2.10. The van der Waals surface area contributed by atoms with Crippen LogP contribution in [0.3, 0.4) is 0 Å². The minimum absolute atomic E-state index is 0.103. The van der Waals surface area contributed by atoms with Crippen LogP contribution in [0.1, 0.15) is 25.3 Å². The van der Waals surface area contributed by atoms with Gasteiger partial charge in [-0.15, -0.1) is 0 Å². The van der Waals surface area contributed by atoms with E-state index >= 15 is 0 Å². The highest BCUT2D eigenvalue weighted by molar-refractivity contribution is 7.99. The number of benzene rings is 2. The summed E-state index contributed by atoms with van der Waals surface area (Å²) in [4.78, 5) is 23.7. The van der Waals surface area contributed by atoms with Gasteiger partial charge < -0.3 is 9.64 Å². The third kappa shape index (κ3) is 4.99. The largest absolute Gasteiger partial charge is 0.466 e. The number of fused-ring (bicyclic) bond motifs is 2. The Morgan fingerprint density at radius 1 is 1.13 bits per heavy atom. The van der Waals surface area contributed by atoms with E-state index < -0.39 is 0 Å². The van der Waals surface area contributed by atoms with E-state index in [4.69, 9.17) is 21.3 Å². The van der Waals surface area contributed by atoms with Crippen molar-refractivity contribution >= 4 is 40.9 Å². The van der Waals surface area contributed by atoms with E-state index in [2.05, 4.69) is 34.1 Å². The van der Waals surface area contributed by atoms with Crippen LogP contribution in [0.15, 0.2) is 57.2 Å². The number of amidine groups is 1. The van der Waals surface area contributed by atoms with Gasteiger partial charge in [0.05, 0.1) is 12.3 Å². The maximum atomic E-state index is 11.5. The monoisotopic (exact) mass is 443 g/mol. The minimum Gasteiger partial charge on any atom is -0.466 e. The molecule has 30 heavy (non-hydrogen) atoms. The SMILES string of the molecule is CCOC(=O)CCCN1CCN(C2=Nc3ccccc3Sc3ccc(Cl)cc32)CC1. The lowest BCUT2D eigenvalue weighted by molar-refractivity contribution is -0.143. The molecule has 7 heteroatoms. The summed E-state index contributed by atoms with van der Waals surface area (Å²) in [5.74, 6) is 0.893. The summed E-state index contributed by atoms with van der Waals surface area (Å²) in [5, 5.41) is 0.727. The van der Waals surface area contributed by atoms with E-state index in [-0.39, 0.29) is 5.97 Å². The highest BCUT2D eigenvalue weighted by atomic mass is 35.5. The summed E-state index contributed by atoms with van der Waals surface area (Å²) in [7, 11) is 0. The van der Waals surface area contributed by atoms with Gasteiger partial charge in [-0.25, -0.2) is 4.99 Å². The third-order valence-electron chi connectivity index (χ3n) is 5.33. The van der Waals surface area contributed by atoms with E-state index in [1.165, 1.54) is 4.90 Å². The number of carbonyl (C=O) groups is 1. The van der Waals surface area contributed by atoms with E-state index in [1.807, 2.05) is 25.1 Å². The van der Waals surface area contributed by atoms with Crippen LogP contribution in [-0.2, 0) is 9.53 Å². The zero-order valence-corrected chi connectivity index (χ0v) is 18.7. The van der Waals surface area contributed by atoms with Gasteiger partial charge in [0.2, 0.25) is 0 Å². The fraction of sp³-hybridized carbons (Fsp3) is 0.391. The molecule has 0 amide bonds. The summed E-state index contributed by atoms with van der Waals surface area (Å²) in [6.45, 7) is 6.91. The number of carbonyl (C=O) groups excluding carboxylic acids is 1.